The van der Waals surface area contributed by atoms with Crippen LogP contribution in [0.4, 0.5) is 0 Å². The van der Waals surface area contributed by atoms with Crippen LogP contribution in [0.5, 0.6) is 11.6 Å². The highest BCUT2D eigenvalue weighted by Gasteiger charge is 2.15. The van der Waals surface area contributed by atoms with Gasteiger partial charge in [-0.1, -0.05) is 19.6 Å². The second-order valence-corrected chi connectivity index (χ2v) is 11.2. The molecular weight excluding hydrogens is 291 g/mol. The molecule has 0 aliphatic carbocycles. The Morgan fingerprint density at radius 3 is 2.67 bits per heavy atom. The van der Waals surface area contributed by atoms with E-state index in [9.17, 15) is 0 Å². The van der Waals surface area contributed by atoms with E-state index in [2.05, 4.69) is 29.3 Å². The lowest BCUT2D eigenvalue weighted by Crippen LogP contribution is -2.22. The lowest BCUT2D eigenvalue weighted by atomic mass is 10.2. The van der Waals surface area contributed by atoms with E-state index in [1.807, 2.05) is 6.07 Å². The Labute approximate surface area is 125 Å². The third-order valence-corrected chi connectivity index (χ3v) is 4.17. The summed E-state index contributed by atoms with van der Waals surface area (Å²) >= 11 is 0. The summed E-state index contributed by atoms with van der Waals surface area (Å²) in [6.45, 7) is 7.37. The molecule has 0 unspecified atom stereocenters. The maximum Gasteiger partial charge on any atom is 0.707 e. The standard InChI is InChI=1S/C12H19BN2O5Si/c1-21(2,3)5-4-18-9-19-12-10(7-14)6-11(8-15-12)20-13(16)17/h6,8,16-17H,4-5,9H2,1-3H3. The molecule has 0 bridgehead atoms. The monoisotopic (exact) mass is 310 g/mol. The zero-order valence-electron chi connectivity index (χ0n) is 12.4. The Bertz CT molecular complexity index is 501. The summed E-state index contributed by atoms with van der Waals surface area (Å²) in [6.07, 6.45) is 1.23. The van der Waals surface area contributed by atoms with Gasteiger partial charge in [0.2, 0.25) is 5.88 Å². The van der Waals surface area contributed by atoms with Crippen LogP contribution in [0.1, 0.15) is 5.56 Å². The van der Waals surface area contributed by atoms with Crippen molar-refractivity contribution in [1.82, 2.24) is 4.98 Å². The summed E-state index contributed by atoms with van der Waals surface area (Å²) in [5.74, 6) is 0.179. The maximum absolute atomic E-state index is 9.00. The van der Waals surface area contributed by atoms with Gasteiger partial charge in [-0.15, -0.1) is 0 Å². The van der Waals surface area contributed by atoms with Crippen LogP contribution >= 0.6 is 0 Å². The molecule has 1 rings (SSSR count). The van der Waals surface area contributed by atoms with Crippen molar-refractivity contribution in [2.75, 3.05) is 13.4 Å². The lowest BCUT2D eigenvalue weighted by molar-refractivity contribution is 0.0191. The molecule has 2 N–H and O–H groups in total. The summed E-state index contributed by atoms with van der Waals surface area (Å²) in [7, 11) is -3.10. The molecule has 9 heteroatoms. The van der Waals surface area contributed by atoms with Gasteiger partial charge in [-0.05, 0) is 6.04 Å². The van der Waals surface area contributed by atoms with Gasteiger partial charge in [-0.2, -0.15) is 5.26 Å². The number of pyridine rings is 1. The van der Waals surface area contributed by atoms with Crippen LogP contribution in [0.3, 0.4) is 0 Å². The van der Waals surface area contributed by atoms with Crippen molar-refractivity contribution >= 4 is 15.4 Å². The second-order valence-electron chi connectivity index (χ2n) is 5.56. The fourth-order valence-corrected chi connectivity index (χ4v) is 2.11. The molecule has 0 saturated carbocycles. The second kappa shape index (κ2) is 7.99. The van der Waals surface area contributed by atoms with Gasteiger partial charge < -0.3 is 24.2 Å². The molecule has 0 atom stereocenters. The van der Waals surface area contributed by atoms with Crippen LogP contribution in [0, 0.1) is 11.3 Å². The summed E-state index contributed by atoms with van der Waals surface area (Å²) in [4.78, 5) is 3.89. The highest BCUT2D eigenvalue weighted by molar-refractivity contribution is 6.76. The van der Waals surface area contributed by atoms with Gasteiger partial charge >= 0.3 is 7.32 Å². The maximum atomic E-state index is 9.00. The van der Waals surface area contributed by atoms with E-state index in [4.69, 9.17) is 24.8 Å². The first kappa shape index (κ1) is 17.5. The normalized spacial score (nSPS) is 10.9. The molecular formula is C12H19BN2O5Si. The Hall–Kier alpha value is -1.60. The first-order chi connectivity index (χ1) is 9.81. The van der Waals surface area contributed by atoms with Crippen LogP contribution < -0.4 is 9.39 Å². The van der Waals surface area contributed by atoms with Crippen LogP contribution in [-0.2, 0) is 4.74 Å². The molecule has 21 heavy (non-hydrogen) atoms. The minimum Gasteiger partial charge on any atom is -0.511 e. The minimum atomic E-state index is -1.96. The number of hydrogen-bond donors (Lipinski definition) is 2. The van der Waals surface area contributed by atoms with Crippen molar-refractivity contribution in [2.24, 2.45) is 0 Å². The van der Waals surface area contributed by atoms with E-state index >= 15 is 0 Å². The Morgan fingerprint density at radius 2 is 2.10 bits per heavy atom. The van der Waals surface area contributed by atoms with Crippen LogP contribution in [-0.4, -0.2) is 43.8 Å². The summed E-state index contributed by atoms with van der Waals surface area (Å²) in [5.41, 5.74) is 0.127. The quantitative estimate of drug-likeness (QED) is 0.419. The van der Waals surface area contributed by atoms with E-state index in [0.29, 0.717) is 6.61 Å². The third kappa shape index (κ3) is 7.10. The molecule has 0 saturated heterocycles. The van der Waals surface area contributed by atoms with E-state index in [-0.39, 0.29) is 24.0 Å². The first-order valence-electron chi connectivity index (χ1n) is 6.45. The fraction of sp³-hybridized carbons (Fsp3) is 0.500. The zero-order valence-corrected chi connectivity index (χ0v) is 13.4. The Balaban J connectivity index is 2.50. The van der Waals surface area contributed by atoms with E-state index in [1.54, 1.807) is 0 Å². The van der Waals surface area contributed by atoms with Gasteiger partial charge in [0, 0.05) is 20.7 Å². The zero-order chi connectivity index (χ0) is 15.9. The summed E-state index contributed by atoms with van der Waals surface area (Å²) in [5, 5.41) is 26.4. The Kier molecular flexibility index (Phi) is 6.64. The van der Waals surface area contributed by atoms with Crippen molar-refractivity contribution in [3.63, 3.8) is 0 Å². The van der Waals surface area contributed by atoms with E-state index < -0.39 is 15.4 Å². The predicted molar refractivity (Wildman–Crippen MR) is 79.4 cm³/mol. The molecule has 0 aromatic carbocycles. The number of rotatable bonds is 8. The van der Waals surface area contributed by atoms with Crippen molar-refractivity contribution in [3.8, 4) is 17.7 Å². The largest absolute Gasteiger partial charge is 0.707 e. The minimum absolute atomic E-state index is 0.00892. The molecule has 0 spiro atoms. The topological polar surface area (TPSA) is 105 Å². The average Bonchev–Trinajstić information content (AvgIpc) is 2.37. The number of hydrogen-bond acceptors (Lipinski definition) is 7. The third-order valence-electron chi connectivity index (χ3n) is 2.46. The van der Waals surface area contributed by atoms with Gasteiger partial charge in [-0.3, -0.25) is 0 Å². The van der Waals surface area contributed by atoms with Gasteiger partial charge in [0.05, 0.1) is 6.20 Å². The number of nitrogens with zero attached hydrogens (tertiary/aromatic N) is 2. The molecule has 0 radical (unpaired) electrons. The molecule has 0 aliphatic rings. The van der Waals surface area contributed by atoms with Crippen molar-refractivity contribution in [3.05, 3.63) is 17.8 Å². The van der Waals surface area contributed by atoms with Crippen LogP contribution in [0.25, 0.3) is 0 Å². The highest BCUT2D eigenvalue weighted by atomic mass is 28.3. The molecule has 7 nitrogen and oxygen atoms in total. The van der Waals surface area contributed by atoms with Gasteiger partial charge in [0.1, 0.15) is 17.4 Å². The molecule has 114 valence electrons. The van der Waals surface area contributed by atoms with Gasteiger partial charge in [0.25, 0.3) is 0 Å². The van der Waals surface area contributed by atoms with E-state index in [1.165, 1.54) is 12.3 Å². The van der Waals surface area contributed by atoms with Gasteiger partial charge in [0.15, 0.2) is 6.79 Å². The lowest BCUT2D eigenvalue weighted by Gasteiger charge is -2.15. The number of ether oxygens (including phenoxy) is 2. The number of aromatic nitrogens is 1. The SMILES string of the molecule is C[Si](C)(C)CCOCOc1ncc(OB(O)O)cc1C#N. The summed E-state index contributed by atoms with van der Waals surface area (Å²) < 4.78 is 15.2. The highest BCUT2D eigenvalue weighted by Crippen LogP contribution is 2.20. The number of nitriles is 1. The molecule has 1 aromatic heterocycles. The molecule has 0 amide bonds. The molecule has 1 aromatic rings. The fourth-order valence-electron chi connectivity index (χ4n) is 1.35. The van der Waals surface area contributed by atoms with Crippen LogP contribution in [0.15, 0.2) is 12.3 Å². The first-order valence-corrected chi connectivity index (χ1v) is 10.2. The van der Waals surface area contributed by atoms with Crippen LogP contribution in [0.2, 0.25) is 25.7 Å². The van der Waals surface area contributed by atoms with Crippen molar-refractivity contribution < 1.29 is 24.2 Å². The molecule has 1 heterocycles. The summed E-state index contributed by atoms with van der Waals surface area (Å²) in [6, 6.07) is 4.23. The smallest absolute Gasteiger partial charge is 0.511 e. The van der Waals surface area contributed by atoms with E-state index in [0.717, 1.165) is 6.04 Å². The van der Waals surface area contributed by atoms with Gasteiger partial charge in [-0.25, -0.2) is 4.98 Å². The van der Waals surface area contributed by atoms with Crippen molar-refractivity contribution in [2.45, 2.75) is 25.7 Å². The van der Waals surface area contributed by atoms with Crippen molar-refractivity contribution in [1.29, 1.82) is 5.26 Å². The molecule has 0 fully saturated rings. The predicted octanol–water partition coefficient (Wildman–Crippen LogP) is 0.993. The average molecular weight is 310 g/mol. The Morgan fingerprint density at radius 1 is 1.38 bits per heavy atom. The molecule has 0 aliphatic heterocycles.